The second kappa shape index (κ2) is 3.19. The average molecular weight is 232 g/mol. The highest BCUT2D eigenvalue weighted by atomic mass is 35.5. The maximum atomic E-state index is 12.1. The summed E-state index contributed by atoms with van der Waals surface area (Å²) < 4.78 is 36.3. The zero-order valence-electron chi connectivity index (χ0n) is 6.28. The van der Waals surface area contributed by atoms with Crippen molar-refractivity contribution in [3.63, 3.8) is 0 Å². The summed E-state index contributed by atoms with van der Waals surface area (Å²) in [5.41, 5.74) is 4.54. The van der Waals surface area contributed by atoms with E-state index < -0.39 is 22.1 Å². The van der Waals surface area contributed by atoms with Crippen molar-refractivity contribution in [1.29, 1.82) is 0 Å². The van der Waals surface area contributed by atoms with Gasteiger partial charge in [-0.15, -0.1) is 11.6 Å². The Morgan fingerprint density at radius 2 is 2.00 bits per heavy atom. The van der Waals surface area contributed by atoms with E-state index in [9.17, 15) is 13.2 Å². The molecule has 13 heavy (non-hydrogen) atoms. The first-order valence-corrected chi connectivity index (χ1v) is 4.15. The average Bonchev–Trinajstić information content (AvgIpc) is 1.92. The molecule has 0 spiro atoms. The normalized spacial score (nSPS) is 34.6. The van der Waals surface area contributed by atoms with Gasteiger partial charge in [0.1, 0.15) is 5.00 Å². The molecule has 0 saturated carbocycles. The van der Waals surface area contributed by atoms with Gasteiger partial charge < -0.3 is 5.73 Å². The van der Waals surface area contributed by atoms with Crippen LogP contribution in [0.2, 0.25) is 0 Å². The van der Waals surface area contributed by atoms with Crippen molar-refractivity contribution >= 4 is 23.2 Å². The summed E-state index contributed by atoms with van der Waals surface area (Å²) >= 11 is 11.1. The highest BCUT2D eigenvalue weighted by Gasteiger charge is 2.38. The van der Waals surface area contributed by atoms with Crippen LogP contribution in [0.4, 0.5) is 13.2 Å². The maximum absolute atomic E-state index is 12.1. The highest BCUT2D eigenvalue weighted by molar-refractivity contribution is 6.34. The third-order valence-electron chi connectivity index (χ3n) is 1.59. The van der Waals surface area contributed by atoms with Gasteiger partial charge in [-0.2, -0.15) is 13.2 Å². The second-order valence-corrected chi connectivity index (χ2v) is 3.81. The molecule has 6 heteroatoms. The number of hydrogen-bond donors (Lipinski definition) is 1. The first kappa shape index (κ1) is 10.9. The standard InChI is InChI=1S/C7H6Cl2F3N/c8-5-3-4(7(10,11)12)1-2-6(5,9)13/h1-3,5H,13H2. The summed E-state index contributed by atoms with van der Waals surface area (Å²) in [5, 5.41) is -1.06. The molecule has 2 N–H and O–H groups in total. The Morgan fingerprint density at radius 1 is 1.46 bits per heavy atom. The molecule has 0 aromatic carbocycles. The summed E-state index contributed by atoms with van der Waals surface area (Å²) in [5.74, 6) is 0. The zero-order chi connectivity index (χ0) is 10.3. The molecule has 0 saturated heterocycles. The molecule has 1 aliphatic carbocycles. The van der Waals surface area contributed by atoms with Gasteiger partial charge in [-0.1, -0.05) is 23.8 Å². The predicted molar refractivity (Wildman–Crippen MR) is 45.7 cm³/mol. The van der Waals surface area contributed by atoms with E-state index in [-0.39, 0.29) is 0 Å². The monoisotopic (exact) mass is 231 g/mol. The summed E-state index contributed by atoms with van der Waals surface area (Å²) in [6.07, 6.45) is -1.74. The third-order valence-corrected chi connectivity index (χ3v) is 2.55. The molecule has 1 aliphatic rings. The molecule has 0 heterocycles. The Morgan fingerprint density at radius 3 is 2.38 bits per heavy atom. The molecule has 1 nitrogen and oxygen atoms in total. The van der Waals surface area contributed by atoms with Gasteiger partial charge in [-0.3, -0.25) is 0 Å². The fourth-order valence-corrected chi connectivity index (χ4v) is 1.17. The number of halogens is 5. The van der Waals surface area contributed by atoms with E-state index in [1.54, 1.807) is 0 Å². The fraction of sp³-hybridized carbons (Fsp3) is 0.429. The lowest BCUT2D eigenvalue weighted by atomic mass is 10.0. The molecular weight excluding hydrogens is 226 g/mol. The van der Waals surface area contributed by atoms with Crippen molar-refractivity contribution in [1.82, 2.24) is 0 Å². The first-order valence-electron chi connectivity index (χ1n) is 3.33. The Hall–Kier alpha value is -0.190. The van der Waals surface area contributed by atoms with Crippen molar-refractivity contribution in [3.8, 4) is 0 Å². The van der Waals surface area contributed by atoms with Crippen LogP contribution in [0.25, 0.3) is 0 Å². The van der Waals surface area contributed by atoms with Gasteiger partial charge in [0.05, 0.1) is 11.0 Å². The van der Waals surface area contributed by atoms with Crippen LogP contribution in [0, 0.1) is 0 Å². The number of hydrogen-bond acceptors (Lipinski definition) is 1. The molecule has 0 fully saturated rings. The van der Waals surface area contributed by atoms with E-state index >= 15 is 0 Å². The Balaban J connectivity index is 2.93. The Bertz CT molecular complexity index is 267. The molecule has 0 radical (unpaired) electrons. The lowest BCUT2D eigenvalue weighted by Crippen LogP contribution is -2.41. The number of alkyl halides is 5. The van der Waals surface area contributed by atoms with Crippen LogP contribution >= 0.6 is 23.2 Å². The van der Waals surface area contributed by atoms with E-state index in [4.69, 9.17) is 28.9 Å². The van der Waals surface area contributed by atoms with Crippen LogP contribution in [0.15, 0.2) is 23.8 Å². The number of allylic oxidation sites excluding steroid dienone is 2. The lowest BCUT2D eigenvalue weighted by molar-refractivity contribution is -0.0886. The molecule has 0 amide bonds. The summed E-state index contributed by atoms with van der Waals surface area (Å²) in [4.78, 5) is -1.43. The molecule has 2 unspecified atom stereocenters. The van der Waals surface area contributed by atoms with Crippen molar-refractivity contribution < 1.29 is 13.2 Å². The van der Waals surface area contributed by atoms with Gasteiger partial charge in [0.25, 0.3) is 0 Å². The fourth-order valence-electron chi connectivity index (χ4n) is 0.839. The van der Waals surface area contributed by atoms with Crippen LogP contribution in [0.3, 0.4) is 0 Å². The van der Waals surface area contributed by atoms with Crippen molar-refractivity contribution in [2.24, 2.45) is 5.73 Å². The summed E-state index contributed by atoms with van der Waals surface area (Å²) in [6.45, 7) is 0. The zero-order valence-corrected chi connectivity index (χ0v) is 7.79. The van der Waals surface area contributed by atoms with Crippen LogP contribution in [0.5, 0.6) is 0 Å². The van der Waals surface area contributed by atoms with Gasteiger partial charge >= 0.3 is 6.18 Å². The molecule has 0 aromatic heterocycles. The van der Waals surface area contributed by atoms with E-state index in [1.165, 1.54) is 0 Å². The van der Waals surface area contributed by atoms with Gasteiger partial charge in [0.2, 0.25) is 0 Å². The molecule has 0 bridgehead atoms. The highest BCUT2D eigenvalue weighted by Crippen LogP contribution is 2.34. The van der Waals surface area contributed by atoms with E-state index in [2.05, 4.69) is 0 Å². The quantitative estimate of drug-likeness (QED) is 0.504. The van der Waals surface area contributed by atoms with Crippen LogP contribution in [0.1, 0.15) is 0 Å². The van der Waals surface area contributed by atoms with Gasteiger partial charge in [-0.05, 0) is 6.08 Å². The van der Waals surface area contributed by atoms with E-state index in [0.717, 1.165) is 18.2 Å². The third kappa shape index (κ3) is 2.39. The summed E-state index contributed by atoms with van der Waals surface area (Å²) in [6, 6.07) is 0. The topological polar surface area (TPSA) is 26.0 Å². The minimum absolute atomic E-state index is 0.800. The van der Waals surface area contributed by atoms with Gasteiger partial charge in [0.15, 0.2) is 0 Å². The first-order chi connectivity index (χ1) is 5.73. The van der Waals surface area contributed by atoms with E-state index in [0.29, 0.717) is 0 Å². The van der Waals surface area contributed by atoms with Gasteiger partial charge in [-0.25, -0.2) is 0 Å². The van der Waals surface area contributed by atoms with E-state index in [1.807, 2.05) is 0 Å². The molecule has 74 valence electrons. The number of nitrogens with two attached hydrogens (primary N) is 1. The summed E-state index contributed by atoms with van der Waals surface area (Å²) in [7, 11) is 0. The molecular formula is C7H6Cl2F3N. The smallest absolute Gasteiger partial charge is 0.308 e. The second-order valence-electron chi connectivity index (χ2n) is 2.68. The Labute approximate surface area is 83.0 Å². The van der Waals surface area contributed by atoms with Crippen molar-refractivity contribution in [2.45, 2.75) is 16.6 Å². The number of rotatable bonds is 0. The van der Waals surface area contributed by atoms with Crippen LogP contribution < -0.4 is 5.73 Å². The van der Waals surface area contributed by atoms with Crippen LogP contribution in [-0.2, 0) is 0 Å². The molecule has 2 atom stereocenters. The minimum atomic E-state index is -4.41. The maximum Gasteiger partial charge on any atom is 0.416 e. The predicted octanol–water partition coefficient (Wildman–Crippen LogP) is 2.55. The van der Waals surface area contributed by atoms with Gasteiger partial charge in [0, 0.05) is 0 Å². The molecule has 0 aromatic rings. The van der Waals surface area contributed by atoms with Crippen molar-refractivity contribution in [3.05, 3.63) is 23.8 Å². The lowest BCUT2D eigenvalue weighted by Gasteiger charge is -2.26. The largest absolute Gasteiger partial charge is 0.416 e. The minimum Gasteiger partial charge on any atom is -0.308 e. The van der Waals surface area contributed by atoms with Crippen LogP contribution in [-0.4, -0.2) is 16.6 Å². The molecule has 1 rings (SSSR count). The Kier molecular flexibility index (Phi) is 2.67. The SMILES string of the molecule is NC1(Cl)C=CC(C(F)(F)F)=CC1Cl. The molecule has 0 aliphatic heterocycles. The van der Waals surface area contributed by atoms with Crippen molar-refractivity contribution in [2.75, 3.05) is 0 Å².